The smallest absolute Gasteiger partial charge is 0.368 e. The second kappa shape index (κ2) is 7.59. The van der Waals surface area contributed by atoms with Gasteiger partial charge in [0.1, 0.15) is 23.0 Å². The number of benzene rings is 2. The summed E-state index contributed by atoms with van der Waals surface area (Å²) in [5.41, 5.74) is 7.41. The number of nitrogens with zero attached hydrogens (tertiary/aromatic N) is 2. The third-order valence-corrected chi connectivity index (χ3v) is 7.84. The average molecular weight is 557 g/mol. The highest BCUT2D eigenvalue weighted by Crippen LogP contribution is 2.62. The SMILES string of the molecule is CN1OC2(N=C1N)c1cc(-c3cccc(C(F)(F)F)c3)ccc1CC21CCC(OI)CC1. The van der Waals surface area contributed by atoms with Crippen molar-refractivity contribution in [3.05, 3.63) is 59.2 Å². The Labute approximate surface area is 198 Å². The topological polar surface area (TPSA) is 60.1 Å². The molecule has 170 valence electrons. The number of hydrogen-bond acceptors (Lipinski definition) is 5. The molecule has 2 aliphatic carbocycles. The number of hydroxylamine groups is 2. The molecule has 2 spiro atoms. The Kier molecular flexibility index (Phi) is 5.21. The maximum absolute atomic E-state index is 13.3. The molecule has 1 saturated carbocycles. The van der Waals surface area contributed by atoms with Gasteiger partial charge in [0.25, 0.3) is 0 Å². The number of hydrogen-bond donors (Lipinski definition) is 1. The van der Waals surface area contributed by atoms with Gasteiger partial charge < -0.3 is 8.80 Å². The summed E-state index contributed by atoms with van der Waals surface area (Å²) in [7, 11) is 1.73. The zero-order valence-electron chi connectivity index (χ0n) is 17.5. The minimum atomic E-state index is -4.40. The number of alkyl halides is 3. The van der Waals surface area contributed by atoms with Crippen LogP contribution in [0.1, 0.15) is 42.4 Å². The number of halogens is 4. The Bertz CT molecular complexity index is 1080. The van der Waals surface area contributed by atoms with Crippen LogP contribution in [0.5, 0.6) is 0 Å². The first-order chi connectivity index (χ1) is 15.2. The Morgan fingerprint density at radius 1 is 1.16 bits per heavy atom. The van der Waals surface area contributed by atoms with Crippen LogP contribution < -0.4 is 5.73 Å². The zero-order valence-corrected chi connectivity index (χ0v) is 19.6. The van der Waals surface area contributed by atoms with Gasteiger partial charge in [0.05, 0.1) is 11.7 Å². The molecular weight excluding hydrogens is 534 g/mol. The molecule has 1 heterocycles. The summed E-state index contributed by atoms with van der Waals surface area (Å²) in [6, 6.07) is 11.2. The molecule has 0 saturated heterocycles. The van der Waals surface area contributed by atoms with E-state index in [4.69, 9.17) is 18.6 Å². The fraction of sp³-hybridized carbons (Fsp3) is 0.435. The molecule has 2 N–H and O–H groups in total. The average Bonchev–Trinajstić information content (AvgIpc) is 3.21. The molecule has 1 aliphatic heterocycles. The highest BCUT2D eigenvalue weighted by molar-refractivity contribution is 14.1. The summed E-state index contributed by atoms with van der Waals surface area (Å²) in [5, 5.41) is 1.49. The fourth-order valence-corrected chi connectivity index (χ4v) is 5.95. The number of aliphatic imine (C=N–C) groups is 1. The number of fused-ring (bicyclic) bond motifs is 3. The van der Waals surface area contributed by atoms with Crippen LogP contribution in [0.4, 0.5) is 13.2 Å². The first-order valence-corrected chi connectivity index (χ1v) is 11.4. The lowest BCUT2D eigenvalue weighted by Gasteiger charge is -2.44. The van der Waals surface area contributed by atoms with E-state index in [1.807, 2.05) is 41.2 Å². The van der Waals surface area contributed by atoms with Crippen molar-refractivity contribution in [2.24, 2.45) is 16.1 Å². The van der Waals surface area contributed by atoms with Crippen LogP contribution in [0.2, 0.25) is 0 Å². The molecule has 1 unspecified atom stereocenters. The van der Waals surface area contributed by atoms with Gasteiger partial charge in [-0.2, -0.15) is 13.2 Å². The molecule has 3 aliphatic rings. The minimum Gasteiger partial charge on any atom is -0.368 e. The Morgan fingerprint density at radius 3 is 2.50 bits per heavy atom. The largest absolute Gasteiger partial charge is 0.416 e. The molecular formula is C23H23F3IN3O2. The summed E-state index contributed by atoms with van der Waals surface area (Å²) in [4.78, 5) is 11.2. The molecule has 9 heteroatoms. The molecule has 0 amide bonds. The van der Waals surface area contributed by atoms with Gasteiger partial charge in [-0.3, -0.25) is 0 Å². The lowest BCUT2D eigenvalue weighted by atomic mass is 9.67. The van der Waals surface area contributed by atoms with E-state index >= 15 is 0 Å². The Balaban J connectivity index is 1.60. The van der Waals surface area contributed by atoms with Gasteiger partial charge in [0, 0.05) is 18.0 Å². The minimum absolute atomic E-state index is 0.197. The maximum atomic E-state index is 13.3. The zero-order chi connectivity index (χ0) is 22.7. The van der Waals surface area contributed by atoms with Crippen molar-refractivity contribution in [2.75, 3.05) is 7.05 Å². The van der Waals surface area contributed by atoms with E-state index in [9.17, 15) is 13.2 Å². The lowest BCUT2D eigenvalue weighted by molar-refractivity contribution is -0.230. The van der Waals surface area contributed by atoms with Gasteiger partial charge in [-0.05, 0) is 67.0 Å². The van der Waals surface area contributed by atoms with Crippen molar-refractivity contribution in [1.82, 2.24) is 5.06 Å². The van der Waals surface area contributed by atoms with Crippen molar-refractivity contribution in [2.45, 2.75) is 50.1 Å². The first-order valence-electron chi connectivity index (χ1n) is 10.5. The molecule has 5 nitrogen and oxygen atoms in total. The predicted molar refractivity (Wildman–Crippen MR) is 123 cm³/mol. The van der Waals surface area contributed by atoms with Crippen LogP contribution in [0.15, 0.2) is 47.5 Å². The van der Waals surface area contributed by atoms with E-state index < -0.39 is 17.5 Å². The van der Waals surface area contributed by atoms with Crippen LogP contribution >= 0.6 is 23.0 Å². The summed E-state index contributed by atoms with van der Waals surface area (Å²) in [6.07, 6.45) is 0.0845. The van der Waals surface area contributed by atoms with Gasteiger partial charge in [0.15, 0.2) is 0 Å². The van der Waals surface area contributed by atoms with Crippen molar-refractivity contribution in [3.8, 4) is 11.1 Å². The van der Waals surface area contributed by atoms with Crippen molar-refractivity contribution in [1.29, 1.82) is 0 Å². The van der Waals surface area contributed by atoms with Gasteiger partial charge in [-0.25, -0.2) is 14.9 Å². The van der Waals surface area contributed by atoms with Gasteiger partial charge in [-0.1, -0.05) is 24.3 Å². The normalized spacial score (nSPS) is 29.6. The molecule has 0 bridgehead atoms. The molecule has 0 radical (unpaired) electrons. The Morgan fingerprint density at radius 2 is 1.88 bits per heavy atom. The van der Waals surface area contributed by atoms with E-state index in [2.05, 4.69) is 0 Å². The number of rotatable bonds is 2. The summed E-state index contributed by atoms with van der Waals surface area (Å²) in [6.45, 7) is 0. The highest BCUT2D eigenvalue weighted by atomic mass is 127. The van der Waals surface area contributed by atoms with Crippen LogP contribution in [0.3, 0.4) is 0 Å². The molecule has 5 rings (SSSR count). The Hall–Kier alpha value is -1.85. The van der Waals surface area contributed by atoms with E-state index in [1.165, 1.54) is 17.2 Å². The van der Waals surface area contributed by atoms with E-state index in [0.29, 0.717) is 17.1 Å². The van der Waals surface area contributed by atoms with E-state index in [1.54, 1.807) is 13.1 Å². The molecule has 32 heavy (non-hydrogen) atoms. The van der Waals surface area contributed by atoms with Crippen LogP contribution in [0, 0.1) is 5.41 Å². The van der Waals surface area contributed by atoms with E-state index in [-0.39, 0.29) is 11.5 Å². The quantitative estimate of drug-likeness (QED) is 0.491. The van der Waals surface area contributed by atoms with Crippen LogP contribution in [-0.2, 0) is 26.2 Å². The van der Waals surface area contributed by atoms with Gasteiger partial charge in [-0.15, -0.1) is 0 Å². The van der Waals surface area contributed by atoms with Crippen LogP contribution in [0.25, 0.3) is 11.1 Å². The second-order valence-corrected chi connectivity index (χ2v) is 9.41. The monoisotopic (exact) mass is 557 g/mol. The summed E-state index contributed by atoms with van der Waals surface area (Å²) >= 11 is 1.96. The highest BCUT2D eigenvalue weighted by Gasteiger charge is 2.63. The van der Waals surface area contributed by atoms with Crippen molar-refractivity contribution < 1.29 is 21.1 Å². The molecule has 1 fully saturated rings. The lowest BCUT2D eigenvalue weighted by Crippen LogP contribution is -2.46. The van der Waals surface area contributed by atoms with Crippen molar-refractivity contribution >= 4 is 29.0 Å². The number of guanidine groups is 1. The maximum Gasteiger partial charge on any atom is 0.416 e. The van der Waals surface area contributed by atoms with Gasteiger partial charge >= 0.3 is 6.18 Å². The van der Waals surface area contributed by atoms with E-state index in [0.717, 1.165) is 49.3 Å². The fourth-order valence-electron chi connectivity index (χ4n) is 5.44. The molecule has 2 aromatic rings. The third-order valence-electron chi connectivity index (χ3n) is 7.13. The van der Waals surface area contributed by atoms with Crippen LogP contribution in [-0.4, -0.2) is 24.2 Å². The second-order valence-electron chi connectivity index (χ2n) is 8.90. The molecule has 2 aromatic carbocycles. The number of nitrogens with two attached hydrogens (primary N) is 1. The summed E-state index contributed by atoms with van der Waals surface area (Å²) in [5.74, 6) is 0.300. The standard InChI is InChI=1S/C23H23F3IN3O2/c1-30-20(28)29-22(32-30)19-12-15(14-3-2-4-17(11-14)23(24,25)26)5-6-16(19)13-21(22)9-7-18(31-27)8-10-21/h2-6,11-12,18H,7-10,13H2,1H3,(H2,28,29). The first kappa shape index (κ1) is 22.0. The molecule has 0 aromatic heterocycles. The third kappa shape index (κ3) is 3.31. The predicted octanol–water partition coefficient (Wildman–Crippen LogP) is 5.57. The van der Waals surface area contributed by atoms with Gasteiger partial charge in [0.2, 0.25) is 11.7 Å². The summed E-state index contributed by atoms with van der Waals surface area (Å²) < 4.78 is 45.3. The molecule has 1 atom stereocenters. The van der Waals surface area contributed by atoms with Crippen molar-refractivity contribution in [3.63, 3.8) is 0 Å².